The van der Waals surface area contributed by atoms with Crippen molar-refractivity contribution in [3.05, 3.63) is 72.8 Å². The number of thioether (sulfide) groups is 2. The van der Waals surface area contributed by atoms with Gasteiger partial charge in [-0.05, 0) is 96.3 Å². The molecule has 30 heavy (non-hydrogen) atoms. The lowest BCUT2D eigenvalue weighted by Gasteiger charge is -2.28. The summed E-state index contributed by atoms with van der Waals surface area (Å²) in [4.78, 5) is 2.99. The summed E-state index contributed by atoms with van der Waals surface area (Å²) < 4.78 is 0. The topological polar surface area (TPSA) is 0 Å². The molecule has 5 saturated carbocycles. The summed E-state index contributed by atoms with van der Waals surface area (Å²) in [5.74, 6) is 9.92. The van der Waals surface area contributed by atoms with E-state index in [9.17, 15) is 0 Å². The number of benzene rings is 2. The first kappa shape index (κ1) is 17.4. The highest BCUT2D eigenvalue weighted by molar-refractivity contribution is 8.00. The van der Waals surface area contributed by atoms with E-state index in [1.165, 1.54) is 22.6 Å². The molecule has 2 unspecified atom stereocenters. The summed E-state index contributed by atoms with van der Waals surface area (Å²) >= 11 is 4.45. The van der Waals surface area contributed by atoms with Crippen molar-refractivity contribution in [3.8, 4) is 0 Å². The number of hydrogen-bond donors (Lipinski definition) is 0. The van der Waals surface area contributed by atoms with Gasteiger partial charge in [-0.1, -0.05) is 48.6 Å². The van der Waals surface area contributed by atoms with Gasteiger partial charge in [0.25, 0.3) is 0 Å². The van der Waals surface area contributed by atoms with Crippen molar-refractivity contribution in [2.75, 3.05) is 0 Å². The number of hydrogen-bond acceptors (Lipinski definition) is 2. The van der Waals surface area contributed by atoms with Crippen molar-refractivity contribution in [1.82, 2.24) is 0 Å². The molecule has 6 aliphatic rings. The van der Waals surface area contributed by atoms with Crippen LogP contribution < -0.4 is 0 Å². The average molecular weight is 429 g/mol. The van der Waals surface area contributed by atoms with E-state index in [0.29, 0.717) is 0 Å². The molecule has 0 radical (unpaired) electrons. The van der Waals surface area contributed by atoms with Crippen molar-refractivity contribution >= 4 is 23.5 Å². The molecule has 0 aromatic heterocycles. The molecule has 2 heteroatoms. The van der Waals surface area contributed by atoms with Crippen LogP contribution in [0.25, 0.3) is 0 Å². The SMILES string of the molecule is C1=C[C@@H]2C3C4[C@H]5[C@H](C[C@H](Sc6ccccc6)[C@@H]5[C@H]13)[C@@H]1C[C@@H](Sc3ccccc3)[C@@H]2[C@@H]41. The molecular formula is C28H28S2. The van der Waals surface area contributed by atoms with Gasteiger partial charge in [-0.25, -0.2) is 0 Å². The van der Waals surface area contributed by atoms with E-state index in [1.807, 2.05) is 0 Å². The van der Waals surface area contributed by atoms with Gasteiger partial charge in [0.15, 0.2) is 0 Å². The Morgan fingerprint density at radius 3 is 1.43 bits per heavy atom. The molecule has 5 fully saturated rings. The maximum absolute atomic E-state index is 2.72. The highest BCUT2D eigenvalue weighted by Gasteiger charge is 2.76. The second kappa shape index (κ2) is 6.23. The van der Waals surface area contributed by atoms with E-state index in [0.717, 1.165) is 69.7 Å². The van der Waals surface area contributed by atoms with Crippen LogP contribution in [-0.4, -0.2) is 10.5 Å². The molecule has 0 nitrogen and oxygen atoms in total. The Hall–Kier alpha value is -1.12. The zero-order valence-corrected chi connectivity index (χ0v) is 18.7. The van der Waals surface area contributed by atoms with E-state index in [4.69, 9.17) is 0 Å². The van der Waals surface area contributed by atoms with E-state index in [1.54, 1.807) is 0 Å². The van der Waals surface area contributed by atoms with Gasteiger partial charge in [-0.15, -0.1) is 23.5 Å². The third-order valence-corrected chi connectivity index (χ3v) is 12.7. The predicted octanol–water partition coefficient (Wildman–Crippen LogP) is 6.89. The van der Waals surface area contributed by atoms with Crippen LogP contribution in [0, 0.1) is 59.2 Å². The molecule has 6 aliphatic carbocycles. The monoisotopic (exact) mass is 428 g/mol. The third-order valence-electron chi connectivity index (χ3n) is 10.0. The minimum atomic E-state index is 0.849. The van der Waals surface area contributed by atoms with E-state index in [2.05, 4.69) is 96.3 Å². The summed E-state index contributed by atoms with van der Waals surface area (Å²) in [6.45, 7) is 0. The molecule has 0 heterocycles. The molecule has 8 rings (SSSR count). The smallest absolute Gasteiger partial charge is 0.0134 e. The number of allylic oxidation sites excluding steroid dienone is 2. The van der Waals surface area contributed by atoms with Gasteiger partial charge in [-0.2, -0.15) is 0 Å². The fourth-order valence-electron chi connectivity index (χ4n) is 9.67. The zero-order chi connectivity index (χ0) is 19.4. The lowest BCUT2D eigenvalue weighted by Crippen LogP contribution is -2.25. The van der Waals surface area contributed by atoms with Crippen molar-refractivity contribution in [2.45, 2.75) is 33.1 Å². The minimum Gasteiger partial charge on any atom is -0.122 e. The van der Waals surface area contributed by atoms with Crippen LogP contribution in [0.5, 0.6) is 0 Å². The maximum Gasteiger partial charge on any atom is 0.0134 e. The van der Waals surface area contributed by atoms with Gasteiger partial charge in [0.05, 0.1) is 0 Å². The standard InChI is InChI=1S/C28H28S2/c1-3-7-15(8-4-1)29-21-13-19-20-14-22(30-16-9-5-2-6-10-16)25-18-12-11-17-23(18)28(27(20)25)26(19)24(17)21/h1-12,17-28H,13-14H2/t17-,18-,19-,20+,21+,22-,23?,24+,25-,26+,27+,28?/m1/s1. The van der Waals surface area contributed by atoms with Crippen molar-refractivity contribution in [3.63, 3.8) is 0 Å². The molecular weight excluding hydrogens is 400 g/mol. The van der Waals surface area contributed by atoms with Crippen LogP contribution in [-0.2, 0) is 0 Å². The normalized spacial score (nSPS) is 50.5. The lowest BCUT2D eigenvalue weighted by atomic mass is 9.84. The summed E-state index contributed by atoms with van der Waals surface area (Å²) in [5, 5.41) is 1.70. The van der Waals surface area contributed by atoms with Crippen LogP contribution in [0.3, 0.4) is 0 Å². The molecule has 0 aliphatic heterocycles. The number of fused-ring (bicyclic) bond motifs is 3. The van der Waals surface area contributed by atoms with Gasteiger partial charge in [-0.3, -0.25) is 0 Å². The third kappa shape index (κ3) is 2.13. The zero-order valence-electron chi connectivity index (χ0n) is 17.1. The van der Waals surface area contributed by atoms with E-state index in [-0.39, 0.29) is 0 Å². The Morgan fingerprint density at radius 2 is 0.967 bits per heavy atom. The van der Waals surface area contributed by atoms with Crippen LogP contribution >= 0.6 is 23.5 Å². The molecule has 0 amide bonds. The molecule has 0 saturated heterocycles. The first-order valence-electron chi connectivity index (χ1n) is 12.0. The predicted molar refractivity (Wildman–Crippen MR) is 125 cm³/mol. The van der Waals surface area contributed by atoms with Gasteiger partial charge >= 0.3 is 0 Å². The quantitative estimate of drug-likeness (QED) is 0.486. The highest BCUT2D eigenvalue weighted by atomic mass is 32.2. The van der Waals surface area contributed by atoms with Gasteiger partial charge in [0.1, 0.15) is 0 Å². The average Bonchev–Trinajstić information content (AvgIpc) is 3.54. The van der Waals surface area contributed by atoms with Gasteiger partial charge in [0.2, 0.25) is 0 Å². The summed E-state index contributed by atoms with van der Waals surface area (Å²) in [6, 6.07) is 22.5. The van der Waals surface area contributed by atoms with Crippen LogP contribution in [0.4, 0.5) is 0 Å². The molecule has 12 atom stereocenters. The van der Waals surface area contributed by atoms with Crippen molar-refractivity contribution in [2.24, 2.45) is 59.2 Å². The Bertz CT molecular complexity index is 920. The van der Waals surface area contributed by atoms with Crippen LogP contribution in [0.1, 0.15) is 12.8 Å². The summed E-state index contributed by atoms with van der Waals surface area (Å²) in [6.07, 6.45) is 8.41. The molecule has 2 aromatic carbocycles. The fraction of sp³-hybridized carbons (Fsp3) is 0.500. The molecule has 0 spiro atoms. The van der Waals surface area contributed by atoms with Crippen LogP contribution in [0.15, 0.2) is 82.6 Å². The van der Waals surface area contributed by atoms with Gasteiger partial charge < -0.3 is 0 Å². The highest BCUT2D eigenvalue weighted by Crippen LogP contribution is 2.80. The fourth-order valence-corrected chi connectivity index (χ4v) is 12.7. The molecule has 152 valence electrons. The molecule has 0 N–H and O–H groups in total. The Balaban J connectivity index is 1.15. The van der Waals surface area contributed by atoms with E-state index >= 15 is 0 Å². The maximum atomic E-state index is 2.72. The van der Waals surface area contributed by atoms with E-state index < -0.39 is 0 Å². The lowest BCUT2D eigenvalue weighted by molar-refractivity contribution is 0.305. The van der Waals surface area contributed by atoms with Crippen molar-refractivity contribution in [1.29, 1.82) is 0 Å². The Labute approximate surface area is 188 Å². The number of rotatable bonds is 4. The summed E-state index contributed by atoms with van der Waals surface area (Å²) in [5.41, 5.74) is 0. The van der Waals surface area contributed by atoms with Crippen LogP contribution in [0.2, 0.25) is 0 Å². The summed E-state index contributed by atoms with van der Waals surface area (Å²) in [7, 11) is 0. The second-order valence-corrected chi connectivity index (χ2v) is 13.4. The van der Waals surface area contributed by atoms with Crippen molar-refractivity contribution < 1.29 is 0 Å². The Kier molecular flexibility index (Phi) is 3.62. The molecule has 0 bridgehead atoms. The first-order valence-corrected chi connectivity index (χ1v) is 13.8. The minimum absolute atomic E-state index is 0.849. The largest absolute Gasteiger partial charge is 0.122 e. The second-order valence-electron chi connectivity index (χ2n) is 10.7. The molecule has 2 aromatic rings. The Morgan fingerprint density at radius 1 is 0.500 bits per heavy atom. The first-order chi connectivity index (χ1) is 14.9. The van der Waals surface area contributed by atoms with Gasteiger partial charge in [0, 0.05) is 20.3 Å².